The molecule has 2 N–H and O–H groups in total. The van der Waals surface area contributed by atoms with E-state index in [9.17, 15) is 0 Å². The molecule has 0 amide bonds. The van der Waals surface area contributed by atoms with Gasteiger partial charge in [-0.05, 0) is 18.6 Å². The fourth-order valence-corrected chi connectivity index (χ4v) is 1.27. The van der Waals surface area contributed by atoms with Crippen LogP contribution in [0.5, 0.6) is 0 Å². The first-order valence-electron chi connectivity index (χ1n) is 4.34. The van der Waals surface area contributed by atoms with E-state index in [0.717, 1.165) is 11.1 Å². The number of nitrogens with zero attached hydrogens (tertiary/aromatic N) is 2. The van der Waals surface area contributed by atoms with E-state index in [1.807, 2.05) is 25.1 Å². The molecular formula is C10H11N3O. The first kappa shape index (κ1) is 8.74. The Morgan fingerprint density at radius 1 is 1.21 bits per heavy atom. The monoisotopic (exact) mass is 189 g/mol. The predicted octanol–water partition coefficient (Wildman–Crippen LogP) is 1.94. The molecule has 4 nitrogen and oxygen atoms in total. The standard InChI is InChI=1S/C10H11N3O/c1-6-4-3-5-8(9(6)11)10-13-12-7(2)14-10/h3-5H,11H2,1-2H3. The minimum Gasteiger partial charge on any atom is -0.421 e. The third-order valence-corrected chi connectivity index (χ3v) is 2.08. The van der Waals surface area contributed by atoms with Crippen LogP contribution < -0.4 is 5.73 Å². The number of nitrogens with two attached hydrogens (primary N) is 1. The third-order valence-electron chi connectivity index (χ3n) is 2.08. The van der Waals surface area contributed by atoms with Crippen molar-refractivity contribution >= 4 is 5.69 Å². The van der Waals surface area contributed by atoms with Gasteiger partial charge in [0.15, 0.2) is 0 Å². The summed E-state index contributed by atoms with van der Waals surface area (Å²) >= 11 is 0. The first-order chi connectivity index (χ1) is 6.68. The average Bonchev–Trinajstić information content (AvgIpc) is 2.57. The fraction of sp³-hybridized carbons (Fsp3) is 0.200. The van der Waals surface area contributed by atoms with Gasteiger partial charge in [0, 0.05) is 12.6 Å². The summed E-state index contributed by atoms with van der Waals surface area (Å²) in [6.07, 6.45) is 0. The molecule has 0 spiro atoms. The van der Waals surface area contributed by atoms with Gasteiger partial charge in [-0.25, -0.2) is 0 Å². The van der Waals surface area contributed by atoms with Gasteiger partial charge in [-0.3, -0.25) is 0 Å². The fourth-order valence-electron chi connectivity index (χ4n) is 1.27. The normalized spacial score (nSPS) is 10.4. The quantitative estimate of drug-likeness (QED) is 0.696. The zero-order chi connectivity index (χ0) is 10.1. The summed E-state index contributed by atoms with van der Waals surface area (Å²) in [7, 11) is 0. The van der Waals surface area contributed by atoms with Crippen LogP contribution in [0, 0.1) is 13.8 Å². The molecule has 72 valence electrons. The topological polar surface area (TPSA) is 64.9 Å². The van der Waals surface area contributed by atoms with Gasteiger partial charge in [-0.2, -0.15) is 0 Å². The highest BCUT2D eigenvalue weighted by Gasteiger charge is 2.10. The molecule has 4 heteroatoms. The van der Waals surface area contributed by atoms with Crippen molar-refractivity contribution in [3.63, 3.8) is 0 Å². The van der Waals surface area contributed by atoms with E-state index in [2.05, 4.69) is 10.2 Å². The molecule has 14 heavy (non-hydrogen) atoms. The number of rotatable bonds is 1. The lowest BCUT2D eigenvalue weighted by Gasteiger charge is -2.03. The molecule has 0 bridgehead atoms. The van der Waals surface area contributed by atoms with E-state index >= 15 is 0 Å². The van der Waals surface area contributed by atoms with E-state index in [-0.39, 0.29) is 0 Å². The largest absolute Gasteiger partial charge is 0.421 e. The van der Waals surface area contributed by atoms with Crippen molar-refractivity contribution in [3.8, 4) is 11.5 Å². The molecule has 1 aromatic heterocycles. The van der Waals surface area contributed by atoms with Gasteiger partial charge in [0.25, 0.3) is 0 Å². The van der Waals surface area contributed by atoms with Crippen molar-refractivity contribution in [1.82, 2.24) is 10.2 Å². The summed E-state index contributed by atoms with van der Waals surface area (Å²) in [5.74, 6) is 1.02. The van der Waals surface area contributed by atoms with Crippen molar-refractivity contribution in [1.29, 1.82) is 0 Å². The second-order valence-corrected chi connectivity index (χ2v) is 3.16. The van der Waals surface area contributed by atoms with E-state index < -0.39 is 0 Å². The molecule has 0 saturated heterocycles. The average molecular weight is 189 g/mol. The lowest BCUT2D eigenvalue weighted by atomic mass is 10.1. The molecule has 1 aromatic carbocycles. The second-order valence-electron chi connectivity index (χ2n) is 3.16. The van der Waals surface area contributed by atoms with Crippen molar-refractivity contribution in [2.45, 2.75) is 13.8 Å². The van der Waals surface area contributed by atoms with Gasteiger partial charge in [-0.1, -0.05) is 12.1 Å². The lowest BCUT2D eigenvalue weighted by molar-refractivity contribution is 0.533. The molecule has 2 aromatic rings. The Morgan fingerprint density at radius 3 is 2.64 bits per heavy atom. The summed E-state index contributed by atoms with van der Waals surface area (Å²) in [5.41, 5.74) is 8.40. The van der Waals surface area contributed by atoms with Gasteiger partial charge < -0.3 is 10.2 Å². The van der Waals surface area contributed by atoms with Gasteiger partial charge in [0.1, 0.15) is 0 Å². The van der Waals surface area contributed by atoms with Crippen molar-refractivity contribution in [3.05, 3.63) is 29.7 Å². The highest BCUT2D eigenvalue weighted by atomic mass is 16.4. The Hall–Kier alpha value is -1.84. The van der Waals surface area contributed by atoms with Crippen LogP contribution in [0.3, 0.4) is 0 Å². The Balaban J connectivity index is 2.57. The van der Waals surface area contributed by atoms with E-state index in [1.54, 1.807) is 6.92 Å². The minimum atomic E-state index is 0.476. The summed E-state index contributed by atoms with van der Waals surface area (Å²) in [4.78, 5) is 0. The summed E-state index contributed by atoms with van der Waals surface area (Å²) in [6, 6.07) is 5.73. The van der Waals surface area contributed by atoms with Crippen LogP contribution in [0.4, 0.5) is 5.69 Å². The highest BCUT2D eigenvalue weighted by molar-refractivity contribution is 5.72. The summed E-state index contributed by atoms with van der Waals surface area (Å²) < 4.78 is 5.30. The minimum absolute atomic E-state index is 0.476. The van der Waals surface area contributed by atoms with Crippen LogP contribution >= 0.6 is 0 Å². The maximum atomic E-state index is 5.90. The van der Waals surface area contributed by atoms with Crippen molar-refractivity contribution < 1.29 is 4.42 Å². The number of hydrogen-bond acceptors (Lipinski definition) is 4. The molecule has 0 atom stereocenters. The van der Waals surface area contributed by atoms with Gasteiger partial charge in [0.2, 0.25) is 11.8 Å². The maximum Gasteiger partial charge on any atom is 0.249 e. The third kappa shape index (κ3) is 1.35. The van der Waals surface area contributed by atoms with Gasteiger partial charge >= 0.3 is 0 Å². The number of anilines is 1. The zero-order valence-corrected chi connectivity index (χ0v) is 8.11. The van der Waals surface area contributed by atoms with Gasteiger partial charge in [0.05, 0.1) is 5.56 Å². The molecule has 0 radical (unpaired) electrons. The molecule has 2 rings (SSSR count). The highest BCUT2D eigenvalue weighted by Crippen LogP contribution is 2.26. The van der Waals surface area contributed by atoms with Crippen LogP contribution in [-0.4, -0.2) is 10.2 Å². The van der Waals surface area contributed by atoms with E-state index in [1.165, 1.54) is 0 Å². The van der Waals surface area contributed by atoms with Crippen molar-refractivity contribution in [2.75, 3.05) is 5.73 Å². The number of aromatic nitrogens is 2. The van der Waals surface area contributed by atoms with E-state index in [4.69, 9.17) is 10.2 Å². The number of nitrogen functional groups attached to an aromatic ring is 1. The van der Waals surface area contributed by atoms with Crippen LogP contribution in [0.1, 0.15) is 11.5 Å². The number of hydrogen-bond donors (Lipinski definition) is 1. The number of benzene rings is 1. The number of aryl methyl sites for hydroxylation is 2. The summed E-state index contributed by atoms with van der Waals surface area (Å²) in [6.45, 7) is 3.70. The predicted molar refractivity (Wildman–Crippen MR) is 53.6 cm³/mol. The Labute approximate surface area is 81.8 Å². The smallest absolute Gasteiger partial charge is 0.249 e. The molecule has 0 aliphatic rings. The van der Waals surface area contributed by atoms with Crippen LogP contribution in [0.15, 0.2) is 22.6 Å². The first-order valence-corrected chi connectivity index (χ1v) is 4.34. The summed E-state index contributed by atoms with van der Waals surface area (Å²) in [5, 5.41) is 7.68. The second kappa shape index (κ2) is 3.14. The molecule has 0 unspecified atom stereocenters. The molecule has 0 aliphatic heterocycles. The molecule has 0 aliphatic carbocycles. The molecular weight excluding hydrogens is 178 g/mol. The SMILES string of the molecule is Cc1nnc(-c2cccc(C)c2N)o1. The number of para-hydroxylation sites is 1. The molecule has 1 heterocycles. The van der Waals surface area contributed by atoms with Gasteiger partial charge in [-0.15, -0.1) is 10.2 Å². The van der Waals surface area contributed by atoms with E-state index in [0.29, 0.717) is 17.5 Å². The van der Waals surface area contributed by atoms with Crippen molar-refractivity contribution in [2.24, 2.45) is 0 Å². The lowest BCUT2D eigenvalue weighted by Crippen LogP contribution is -1.93. The molecule has 0 saturated carbocycles. The van der Waals surface area contributed by atoms with Crippen LogP contribution in [-0.2, 0) is 0 Å². The Bertz CT molecular complexity index is 462. The zero-order valence-electron chi connectivity index (χ0n) is 8.11. The Kier molecular flexibility index (Phi) is 1.96. The van der Waals surface area contributed by atoms with Crippen LogP contribution in [0.2, 0.25) is 0 Å². The maximum absolute atomic E-state index is 5.90. The van der Waals surface area contributed by atoms with Crippen LogP contribution in [0.25, 0.3) is 11.5 Å². The molecule has 0 fully saturated rings. The Morgan fingerprint density at radius 2 is 2.00 bits per heavy atom.